The van der Waals surface area contributed by atoms with E-state index in [4.69, 9.17) is 4.74 Å². The van der Waals surface area contributed by atoms with Gasteiger partial charge in [0.15, 0.2) is 0 Å². The van der Waals surface area contributed by atoms with Crippen LogP contribution in [0.5, 0.6) is 5.75 Å². The zero-order valence-corrected chi connectivity index (χ0v) is 12.0. The number of rotatable bonds is 4. The Bertz CT molecular complexity index is 543. The first-order chi connectivity index (χ1) is 8.69. The molecule has 0 fully saturated rings. The average Bonchev–Trinajstić information content (AvgIpc) is 2.40. The van der Waals surface area contributed by atoms with Crippen molar-refractivity contribution in [1.82, 2.24) is 4.98 Å². The second-order valence-electron chi connectivity index (χ2n) is 4.00. The molecule has 2 aromatic rings. The molecular formula is C14H15BrN2O. The SMILES string of the molecule is CNc1cc(COc2ccc(Br)c(C)c2)ccn1. The van der Waals surface area contributed by atoms with Gasteiger partial charge < -0.3 is 10.1 Å². The van der Waals surface area contributed by atoms with Gasteiger partial charge in [-0.05, 0) is 48.4 Å². The van der Waals surface area contributed by atoms with Crippen LogP contribution in [-0.2, 0) is 6.61 Å². The molecule has 1 N–H and O–H groups in total. The molecule has 0 aliphatic rings. The first-order valence-electron chi connectivity index (χ1n) is 5.70. The minimum absolute atomic E-state index is 0.540. The second-order valence-corrected chi connectivity index (χ2v) is 4.85. The fraction of sp³-hybridized carbons (Fsp3) is 0.214. The van der Waals surface area contributed by atoms with Gasteiger partial charge in [-0.1, -0.05) is 15.9 Å². The number of nitrogens with one attached hydrogen (secondary N) is 1. The zero-order valence-electron chi connectivity index (χ0n) is 10.4. The predicted molar refractivity (Wildman–Crippen MR) is 77.0 cm³/mol. The molecule has 0 saturated heterocycles. The van der Waals surface area contributed by atoms with Crippen molar-refractivity contribution in [3.63, 3.8) is 0 Å². The van der Waals surface area contributed by atoms with Crippen molar-refractivity contribution >= 4 is 21.7 Å². The van der Waals surface area contributed by atoms with Gasteiger partial charge >= 0.3 is 0 Å². The lowest BCUT2D eigenvalue weighted by Gasteiger charge is -2.08. The first-order valence-corrected chi connectivity index (χ1v) is 6.50. The number of aromatic nitrogens is 1. The van der Waals surface area contributed by atoms with Gasteiger partial charge in [-0.15, -0.1) is 0 Å². The Balaban J connectivity index is 2.04. The maximum absolute atomic E-state index is 5.75. The summed E-state index contributed by atoms with van der Waals surface area (Å²) in [6.07, 6.45) is 1.78. The highest BCUT2D eigenvalue weighted by Crippen LogP contribution is 2.22. The standard InChI is InChI=1S/C14H15BrN2O/c1-10-7-12(3-4-13(10)15)18-9-11-5-6-17-14(8-11)16-2/h3-8H,9H2,1-2H3,(H,16,17). The third-order valence-electron chi connectivity index (χ3n) is 2.62. The molecule has 0 atom stereocenters. The molecule has 1 aromatic carbocycles. The molecule has 94 valence electrons. The van der Waals surface area contributed by atoms with E-state index in [2.05, 4.69) is 26.2 Å². The minimum Gasteiger partial charge on any atom is -0.489 e. The first kappa shape index (κ1) is 12.9. The van der Waals surface area contributed by atoms with Crippen molar-refractivity contribution in [2.24, 2.45) is 0 Å². The summed E-state index contributed by atoms with van der Waals surface area (Å²) in [6, 6.07) is 9.90. The van der Waals surface area contributed by atoms with Crippen LogP contribution in [0.2, 0.25) is 0 Å². The molecule has 18 heavy (non-hydrogen) atoms. The molecule has 0 amide bonds. The van der Waals surface area contributed by atoms with Gasteiger partial charge in [0.1, 0.15) is 18.2 Å². The van der Waals surface area contributed by atoms with E-state index >= 15 is 0 Å². The minimum atomic E-state index is 0.540. The molecule has 0 radical (unpaired) electrons. The highest BCUT2D eigenvalue weighted by molar-refractivity contribution is 9.10. The number of halogens is 1. The highest BCUT2D eigenvalue weighted by Gasteiger charge is 2.00. The summed E-state index contributed by atoms with van der Waals surface area (Å²) in [6.45, 7) is 2.58. The molecule has 1 heterocycles. The fourth-order valence-corrected chi connectivity index (χ4v) is 1.82. The summed E-state index contributed by atoms with van der Waals surface area (Å²) >= 11 is 3.47. The summed E-state index contributed by atoms with van der Waals surface area (Å²) in [7, 11) is 1.85. The Morgan fingerprint density at radius 3 is 2.83 bits per heavy atom. The van der Waals surface area contributed by atoms with E-state index in [1.165, 1.54) is 0 Å². The van der Waals surface area contributed by atoms with Gasteiger partial charge in [0.05, 0.1) is 0 Å². The Hall–Kier alpha value is -1.55. The van der Waals surface area contributed by atoms with E-state index in [0.29, 0.717) is 6.61 Å². The molecule has 2 rings (SSSR count). The van der Waals surface area contributed by atoms with Crippen LogP contribution in [-0.4, -0.2) is 12.0 Å². The molecule has 0 spiro atoms. The van der Waals surface area contributed by atoms with E-state index in [9.17, 15) is 0 Å². The van der Waals surface area contributed by atoms with Crippen LogP contribution >= 0.6 is 15.9 Å². The number of aryl methyl sites for hydroxylation is 1. The van der Waals surface area contributed by atoms with Crippen LogP contribution < -0.4 is 10.1 Å². The van der Waals surface area contributed by atoms with E-state index < -0.39 is 0 Å². The Morgan fingerprint density at radius 1 is 1.28 bits per heavy atom. The summed E-state index contributed by atoms with van der Waals surface area (Å²) in [5.41, 5.74) is 2.26. The highest BCUT2D eigenvalue weighted by atomic mass is 79.9. The Kier molecular flexibility index (Phi) is 4.20. The number of anilines is 1. The van der Waals surface area contributed by atoms with Gasteiger partial charge in [0.2, 0.25) is 0 Å². The smallest absolute Gasteiger partial charge is 0.126 e. The lowest BCUT2D eigenvalue weighted by molar-refractivity contribution is 0.306. The van der Waals surface area contributed by atoms with Crippen LogP contribution in [0.25, 0.3) is 0 Å². The topological polar surface area (TPSA) is 34.1 Å². The van der Waals surface area contributed by atoms with Crippen molar-refractivity contribution < 1.29 is 4.74 Å². The third kappa shape index (κ3) is 3.23. The van der Waals surface area contributed by atoms with Crippen molar-refractivity contribution in [2.75, 3.05) is 12.4 Å². The maximum Gasteiger partial charge on any atom is 0.126 e. The largest absolute Gasteiger partial charge is 0.489 e. The summed E-state index contributed by atoms with van der Waals surface area (Å²) in [4.78, 5) is 4.17. The molecule has 0 unspecified atom stereocenters. The Labute approximate surface area is 115 Å². The zero-order chi connectivity index (χ0) is 13.0. The second kappa shape index (κ2) is 5.87. The summed E-state index contributed by atoms with van der Waals surface area (Å²) in [5.74, 6) is 1.72. The number of benzene rings is 1. The Morgan fingerprint density at radius 2 is 2.11 bits per heavy atom. The summed E-state index contributed by atoms with van der Waals surface area (Å²) in [5, 5.41) is 3.01. The van der Waals surface area contributed by atoms with Crippen molar-refractivity contribution in [1.29, 1.82) is 0 Å². The van der Waals surface area contributed by atoms with Crippen LogP contribution in [0.1, 0.15) is 11.1 Å². The normalized spacial score (nSPS) is 10.2. The van der Waals surface area contributed by atoms with Gasteiger partial charge in [0, 0.05) is 17.7 Å². The number of hydrogen-bond donors (Lipinski definition) is 1. The van der Waals surface area contributed by atoms with E-state index in [-0.39, 0.29) is 0 Å². The fourth-order valence-electron chi connectivity index (χ4n) is 1.57. The lowest BCUT2D eigenvalue weighted by atomic mass is 10.2. The van der Waals surface area contributed by atoms with E-state index in [0.717, 1.165) is 27.2 Å². The molecular weight excluding hydrogens is 292 g/mol. The van der Waals surface area contributed by atoms with Crippen molar-refractivity contribution in [3.8, 4) is 5.75 Å². The van der Waals surface area contributed by atoms with Crippen LogP contribution in [0, 0.1) is 6.92 Å². The maximum atomic E-state index is 5.75. The molecule has 0 bridgehead atoms. The van der Waals surface area contributed by atoms with Gasteiger partial charge in [-0.25, -0.2) is 4.98 Å². The van der Waals surface area contributed by atoms with Crippen LogP contribution in [0.3, 0.4) is 0 Å². The molecule has 3 nitrogen and oxygen atoms in total. The monoisotopic (exact) mass is 306 g/mol. The molecule has 0 aliphatic heterocycles. The number of ether oxygens (including phenoxy) is 1. The van der Waals surface area contributed by atoms with Gasteiger partial charge in [-0.3, -0.25) is 0 Å². The van der Waals surface area contributed by atoms with Crippen LogP contribution in [0.15, 0.2) is 41.0 Å². The van der Waals surface area contributed by atoms with Gasteiger partial charge in [0.25, 0.3) is 0 Å². The number of nitrogens with zero attached hydrogens (tertiary/aromatic N) is 1. The third-order valence-corrected chi connectivity index (χ3v) is 3.51. The van der Waals surface area contributed by atoms with Crippen molar-refractivity contribution in [2.45, 2.75) is 13.5 Å². The lowest BCUT2D eigenvalue weighted by Crippen LogP contribution is -1.98. The quantitative estimate of drug-likeness (QED) is 0.933. The number of hydrogen-bond acceptors (Lipinski definition) is 3. The van der Waals surface area contributed by atoms with E-state index in [1.807, 2.05) is 44.3 Å². The molecule has 0 aliphatic carbocycles. The number of pyridine rings is 1. The predicted octanol–water partition coefficient (Wildman–Crippen LogP) is 3.77. The summed E-state index contributed by atoms with van der Waals surface area (Å²) < 4.78 is 6.84. The molecule has 4 heteroatoms. The average molecular weight is 307 g/mol. The molecule has 0 saturated carbocycles. The van der Waals surface area contributed by atoms with Crippen LogP contribution in [0.4, 0.5) is 5.82 Å². The van der Waals surface area contributed by atoms with Gasteiger partial charge in [-0.2, -0.15) is 0 Å². The van der Waals surface area contributed by atoms with E-state index in [1.54, 1.807) is 6.20 Å². The molecule has 1 aromatic heterocycles. The van der Waals surface area contributed by atoms with Crippen molar-refractivity contribution in [3.05, 3.63) is 52.1 Å².